The second-order valence-corrected chi connectivity index (χ2v) is 9.49. The number of piperidine rings is 1. The Bertz CT molecular complexity index is 886. The highest BCUT2D eigenvalue weighted by Gasteiger charge is 2.26. The monoisotopic (exact) mass is 424 g/mol. The molecule has 1 saturated heterocycles. The molecular weight excluding hydrogens is 396 g/mol. The second kappa shape index (κ2) is 9.78. The number of benzene rings is 1. The number of esters is 2. The highest BCUT2D eigenvalue weighted by molar-refractivity contribution is 7.92. The van der Waals surface area contributed by atoms with Crippen molar-refractivity contribution in [2.45, 2.75) is 43.3 Å². The van der Waals surface area contributed by atoms with Crippen molar-refractivity contribution in [1.29, 1.82) is 0 Å². The van der Waals surface area contributed by atoms with Crippen LogP contribution < -0.4 is 10.2 Å². The molecule has 160 valence electrons. The first-order chi connectivity index (χ1) is 13.7. The predicted octanol–water partition coefficient (Wildman–Crippen LogP) is 2.50. The minimum Gasteiger partial charge on any atom is -0.466 e. The van der Waals surface area contributed by atoms with Crippen molar-refractivity contribution in [3.8, 4) is 0 Å². The number of ether oxygens (including phenoxy) is 2. The van der Waals surface area contributed by atoms with Gasteiger partial charge in [0.2, 0.25) is 0 Å². The minimum absolute atomic E-state index is 0.0490. The lowest BCUT2D eigenvalue weighted by Crippen LogP contribution is -2.29. The zero-order valence-corrected chi connectivity index (χ0v) is 18.0. The SMILES string of the molecule is COC(=O)/C=C(/Nc1cc(N2CCCCC2)ccc1S(=O)(=O)C(C)C)C(=O)OC. The summed E-state index contributed by atoms with van der Waals surface area (Å²) in [6.07, 6.45) is 4.22. The first kappa shape index (κ1) is 22.7. The summed E-state index contributed by atoms with van der Waals surface area (Å²) in [5.74, 6) is -1.58. The normalized spacial score (nSPS) is 15.2. The van der Waals surface area contributed by atoms with Gasteiger partial charge in [-0.1, -0.05) is 0 Å². The van der Waals surface area contributed by atoms with E-state index in [1.54, 1.807) is 26.0 Å². The van der Waals surface area contributed by atoms with Crippen molar-refractivity contribution in [3.05, 3.63) is 30.0 Å². The molecule has 0 aromatic heterocycles. The van der Waals surface area contributed by atoms with Crippen LogP contribution in [0.1, 0.15) is 33.1 Å². The van der Waals surface area contributed by atoms with Crippen LogP contribution in [0, 0.1) is 0 Å². The Hall–Kier alpha value is -2.55. The zero-order valence-electron chi connectivity index (χ0n) is 17.2. The van der Waals surface area contributed by atoms with E-state index in [-0.39, 0.29) is 16.3 Å². The number of hydrogen-bond acceptors (Lipinski definition) is 8. The standard InChI is InChI=1S/C20H28N2O6S/c1-14(2)29(25,26)18-9-8-15(22-10-6-5-7-11-22)12-16(18)21-17(20(24)28-4)13-19(23)27-3/h8-9,12-14,21H,5-7,10-11H2,1-4H3/b17-13+. The number of hydrogen-bond donors (Lipinski definition) is 1. The molecule has 0 spiro atoms. The maximum atomic E-state index is 12.9. The van der Waals surface area contributed by atoms with Crippen LogP contribution in [0.4, 0.5) is 11.4 Å². The lowest BCUT2D eigenvalue weighted by Gasteiger charge is -2.29. The molecule has 1 aromatic rings. The summed E-state index contributed by atoms with van der Waals surface area (Å²) in [5, 5.41) is 2.13. The summed E-state index contributed by atoms with van der Waals surface area (Å²) < 4.78 is 35.0. The van der Waals surface area contributed by atoms with Gasteiger partial charge in [0.1, 0.15) is 5.70 Å². The van der Waals surface area contributed by atoms with E-state index in [1.807, 2.05) is 0 Å². The first-order valence-electron chi connectivity index (χ1n) is 9.48. The van der Waals surface area contributed by atoms with Crippen molar-refractivity contribution in [2.24, 2.45) is 0 Å². The van der Waals surface area contributed by atoms with Crippen LogP contribution in [0.5, 0.6) is 0 Å². The van der Waals surface area contributed by atoms with Crippen LogP contribution >= 0.6 is 0 Å². The van der Waals surface area contributed by atoms with Crippen molar-refractivity contribution < 1.29 is 27.5 Å². The molecule has 0 amide bonds. The fourth-order valence-corrected chi connectivity index (χ4v) is 4.23. The van der Waals surface area contributed by atoms with Gasteiger partial charge in [-0.2, -0.15) is 0 Å². The molecule has 0 radical (unpaired) electrons. The van der Waals surface area contributed by atoms with E-state index < -0.39 is 27.0 Å². The smallest absolute Gasteiger partial charge is 0.354 e. The molecule has 0 unspecified atom stereocenters. The minimum atomic E-state index is -3.64. The van der Waals surface area contributed by atoms with Crippen LogP contribution in [0.15, 0.2) is 34.9 Å². The van der Waals surface area contributed by atoms with Crippen LogP contribution in [-0.2, 0) is 28.9 Å². The molecule has 1 aliphatic heterocycles. The van der Waals surface area contributed by atoms with Crippen molar-refractivity contribution in [3.63, 3.8) is 0 Å². The third kappa shape index (κ3) is 5.50. The van der Waals surface area contributed by atoms with E-state index in [2.05, 4.69) is 15.0 Å². The third-order valence-corrected chi connectivity index (χ3v) is 6.96. The molecule has 0 saturated carbocycles. The fourth-order valence-electron chi connectivity index (χ4n) is 3.04. The molecule has 1 aromatic carbocycles. The Kier molecular flexibility index (Phi) is 7.66. The second-order valence-electron chi connectivity index (χ2n) is 7.02. The molecular formula is C20H28N2O6S. The molecule has 29 heavy (non-hydrogen) atoms. The number of rotatable bonds is 7. The highest BCUT2D eigenvalue weighted by atomic mass is 32.2. The lowest BCUT2D eigenvalue weighted by atomic mass is 10.1. The average molecular weight is 425 g/mol. The summed E-state index contributed by atoms with van der Waals surface area (Å²) in [6, 6.07) is 5.00. The molecule has 0 bridgehead atoms. The summed E-state index contributed by atoms with van der Waals surface area (Å²) in [7, 11) is -1.29. The van der Waals surface area contributed by atoms with Gasteiger partial charge in [0.15, 0.2) is 9.84 Å². The summed E-state index contributed by atoms with van der Waals surface area (Å²) in [5.41, 5.74) is 0.842. The number of methoxy groups -OCH3 is 2. The van der Waals surface area contributed by atoms with Crippen molar-refractivity contribution >= 4 is 33.2 Å². The van der Waals surface area contributed by atoms with Gasteiger partial charge in [0.25, 0.3) is 0 Å². The highest BCUT2D eigenvalue weighted by Crippen LogP contribution is 2.32. The summed E-state index contributed by atoms with van der Waals surface area (Å²) in [6.45, 7) is 4.92. The summed E-state index contributed by atoms with van der Waals surface area (Å²) >= 11 is 0. The Morgan fingerprint density at radius 1 is 1.10 bits per heavy atom. The van der Waals surface area contributed by atoms with E-state index >= 15 is 0 Å². The quantitative estimate of drug-likeness (QED) is 0.526. The van der Waals surface area contributed by atoms with Crippen LogP contribution in [0.25, 0.3) is 0 Å². The van der Waals surface area contributed by atoms with Crippen LogP contribution in [0.3, 0.4) is 0 Å². The number of carbonyl (C=O) groups is 2. The molecule has 9 heteroatoms. The topological polar surface area (TPSA) is 102 Å². The van der Waals surface area contributed by atoms with E-state index in [0.717, 1.165) is 44.1 Å². The molecule has 0 aliphatic carbocycles. The maximum absolute atomic E-state index is 12.9. The predicted molar refractivity (Wildman–Crippen MR) is 111 cm³/mol. The van der Waals surface area contributed by atoms with Gasteiger partial charge in [0, 0.05) is 18.8 Å². The number of anilines is 2. The first-order valence-corrected chi connectivity index (χ1v) is 11.0. The fraction of sp³-hybridized carbons (Fsp3) is 0.500. The average Bonchev–Trinajstić information content (AvgIpc) is 2.72. The molecule has 1 fully saturated rings. The Labute approximate surface area is 171 Å². The number of sulfone groups is 1. The molecule has 1 aliphatic rings. The van der Waals surface area contributed by atoms with Crippen molar-refractivity contribution in [2.75, 3.05) is 37.5 Å². The van der Waals surface area contributed by atoms with Crippen LogP contribution in [0.2, 0.25) is 0 Å². The number of carbonyl (C=O) groups excluding carboxylic acids is 2. The van der Waals surface area contributed by atoms with E-state index in [9.17, 15) is 18.0 Å². The summed E-state index contributed by atoms with van der Waals surface area (Å²) in [4.78, 5) is 26.0. The van der Waals surface area contributed by atoms with Crippen molar-refractivity contribution in [1.82, 2.24) is 0 Å². The Balaban J connectivity index is 2.55. The van der Waals surface area contributed by atoms with E-state index in [0.29, 0.717) is 0 Å². The third-order valence-electron chi connectivity index (χ3n) is 4.75. The van der Waals surface area contributed by atoms with Gasteiger partial charge in [-0.15, -0.1) is 0 Å². The van der Waals surface area contributed by atoms with E-state index in [1.165, 1.54) is 20.3 Å². The number of nitrogens with zero attached hydrogens (tertiary/aromatic N) is 1. The molecule has 2 rings (SSSR count). The van der Waals surface area contributed by atoms with Gasteiger partial charge >= 0.3 is 11.9 Å². The van der Waals surface area contributed by atoms with E-state index in [4.69, 9.17) is 4.74 Å². The maximum Gasteiger partial charge on any atom is 0.354 e. The van der Waals surface area contributed by atoms with Gasteiger partial charge in [-0.05, 0) is 51.3 Å². The molecule has 8 nitrogen and oxygen atoms in total. The van der Waals surface area contributed by atoms with Crippen LogP contribution in [-0.4, -0.2) is 52.9 Å². The van der Waals surface area contributed by atoms with Gasteiger partial charge in [0.05, 0.1) is 36.1 Å². The zero-order chi connectivity index (χ0) is 21.6. The number of nitrogens with one attached hydrogen (secondary N) is 1. The van der Waals surface area contributed by atoms with Gasteiger partial charge in [-0.3, -0.25) is 0 Å². The molecule has 1 heterocycles. The Morgan fingerprint density at radius 3 is 2.31 bits per heavy atom. The molecule has 0 atom stereocenters. The Morgan fingerprint density at radius 2 is 1.76 bits per heavy atom. The van der Waals surface area contributed by atoms with Gasteiger partial charge in [-0.25, -0.2) is 18.0 Å². The van der Waals surface area contributed by atoms with Gasteiger partial charge < -0.3 is 19.7 Å². The largest absolute Gasteiger partial charge is 0.466 e. The molecule has 1 N–H and O–H groups in total. The lowest BCUT2D eigenvalue weighted by molar-refractivity contribution is -0.138.